The van der Waals surface area contributed by atoms with Crippen LogP contribution in [-0.4, -0.2) is 19.0 Å². The number of hydrogen-bond acceptors (Lipinski definition) is 4. The molecular weight excluding hydrogens is 306 g/mol. The number of rotatable bonds is 7. The highest BCUT2D eigenvalue weighted by molar-refractivity contribution is 6.06. The lowest BCUT2D eigenvalue weighted by atomic mass is 10.2. The molecule has 0 saturated heterocycles. The lowest BCUT2D eigenvalue weighted by Gasteiger charge is -2.10. The van der Waals surface area contributed by atoms with E-state index in [1.807, 2.05) is 6.92 Å². The molecular formula is C19H21NO4. The second-order valence-electron chi connectivity index (χ2n) is 5.26. The fourth-order valence-corrected chi connectivity index (χ4v) is 2.14. The molecule has 0 spiro atoms. The zero-order valence-corrected chi connectivity index (χ0v) is 13.9. The molecule has 0 saturated carbocycles. The van der Waals surface area contributed by atoms with Gasteiger partial charge in [0.25, 0.3) is 5.91 Å². The van der Waals surface area contributed by atoms with Gasteiger partial charge >= 0.3 is 5.97 Å². The minimum atomic E-state index is -0.264. The number of anilines is 1. The molecule has 2 aromatic rings. The van der Waals surface area contributed by atoms with Crippen LogP contribution in [0.15, 0.2) is 48.5 Å². The van der Waals surface area contributed by atoms with Crippen molar-refractivity contribution in [3.05, 3.63) is 54.1 Å². The van der Waals surface area contributed by atoms with E-state index < -0.39 is 0 Å². The first-order chi connectivity index (χ1) is 11.6. The van der Waals surface area contributed by atoms with Crippen molar-refractivity contribution >= 4 is 17.6 Å². The van der Waals surface area contributed by atoms with Gasteiger partial charge in [-0.25, -0.2) is 0 Å². The predicted octanol–water partition coefficient (Wildman–Crippen LogP) is 4.04. The number of carbonyl (C=O) groups is 2. The Morgan fingerprint density at radius 1 is 1.04 bits per heavy atom. The van der Waals surface area contributed by atoms with Crippen LogP contribution in [0, 0.1) is 0 Å². The second kappa shape index (κ2) is 8.72. The van der Waals surface area contributed by atoms with Gasteiger partial charge in [-0.15, -0.1) is 0 Å². The van der Waals surface area contributed by atoms with Crippen molar-refractivity contribution in [1.82, 2.24) is 0 Å². The molecule has 1 amide bonds. The van der Waals surface area contributed by atoms with Crippen LogP contribution >= 0.6 is 0 Å². The number of hydrogen-bond donors (Lipinski definition) is 1. The molecule has 2 aromatic carbocycles. The van der Waals surface area contributed by atoms with E-state index in [1.165, 1.54) is 7.11 Å². The lowest BCUT2D eigenvalue weighted by Crippen LogP contribution is -2.13. The van der Waals surface area contributed by atoms with Gasteiger partial charge in [0.05, 0.1) is 12.7 Å². The molecule has 2 rings (SSSR count). The third-order valence-corrected chi connectivity index (χ3v) is 3.43. The zero-order valence-electron chi connectivity index (χ0n) is 13.9. The fourth-order valence-electron chi connectivity index (χ4n) is 2.14. The van der Waals surface area contributed by atoms with Crippen molar-refractivity contribution in [2.24, 2.45) is 0 Å². The van der Waals surface area contributed by atoms with Crippen molar-refractivity contribution in [1.29, 1.82) is 0 Å². The third-order valence-electron chi connectivity index (χ3n) is 3.43. The van der Waals surface area contributed by atoms with Gasteiger partial charge in [-0.1, -0.05) is 25.5 Å². The Hall–Kier alpha value is -2.82. The maximum absolute atomic E-state index is 12.3. The van der Waals surface area contributed by atoms with Gasteiger partial charge in [0.2, 0.25) is 0 Å². The summed E-state index contributed by atoms with van der Waals surface area (Å²) in [6.07, 6.45) is 2.16. The Morgan fingerprint density at radius 3 is 2.42 bits per heavy atom. The van der Waals surface area contributed by atoms with Gasteiger partial charge in [-0.3, -0.25) is 9.59 Å². The van der Waals surface area contributed by atoms with Crippen molar-refractivity contribution in [2.75, 3.05) is 12.4 Å². The third kappa shape index (κ3) is 4.84. The van der Waals surface area contributed by atoms with Crippen LogP contribution < -0.4 is 14.8 Å². The molecule has 0 bridgehead atoms. The highest BCUT2D eigenvalue weighted by atomic mass is 16.5. The van der Waals surface area contributed by atoms with Crippen LogP contribution in [0.25, 0.3) is 0 Å². The van der Waals surface area contributed by atoms with Crippen molar-refractivity contribution in [2.45, 2.75) is 26.2 Å². The number of carbonyl (C=O) groups excluding carboxylic acids is 2. The summed E-state index contributed by atoms with van der Waals surface area (Å²) in [7, 11) is 1.52. The van der Waals surface area contributed by atoms with Gasteiger partial charge < -0.3 is 14.8 Å². The Balaban J connectivity index is 1.98. The second-order valence-corrected chi connectivity index (χ2v) is 5.26. The predicted molar refractivity (Wildman–Crippen MR) is 92.5 cm³/mol. The molecule has 0 radical (unpaired) electrons. The maximum Gasteiger partial charge on any atom is 0.311 e. The van der Waals surface area contributed by atoms with E-state index in [0.717, 1.165) is 12.8 Å². The molecule has 1 N–H and O–H groups in total. The standard InChI is InChI=1S/C19H21NO4/c1-3-4-9-18(21)24-15-12-10-14(11-13-15)20-19(22)16-7-5-6-8-17(16)23-2/h5-8,10-13H,3-4,9H2,1-2H3,(H,20,22). The first-order valence-corrected chi connectivity index (χ1v) is 7.89. The summed E-state index contributed by atoms with van der Waals surface area (Å²) in [5.74, 6) is 0.464. The number of benzene rings is 2. The Bertz CT molecular complexity index is 695. The first-order valence-electron chi connectivity index (χ1n) is 7.89. The van der Waals surface area contributed by atoms with E-state index in [0.29, 0.717) is 29.2 Å². The van der Waals surface area contributed by atoms with Crippen LogP contribution in [0.5, 0.6) is 11.5 Å². The smallest absolute Gasteiger partial charge is 0.311 e. The van der Waals surface area contributed by atoms with Crippen molar-refractivity contribution < 1.29 is 19.1 Å². The Kier molecular flexibility index (Phi) is 6.37. The largest absolute Gasteiger partial charge is 0.496 e. The van der Waals surface area contributed by atoms with Crippen LogP contribution in [0.3, 0.4) is 0 Å². The SMILES string of the molecule is CCCCC(=O)Oc1ccc(NC(=O)c2ccccc2OC)cc1. The number of nitrogens with one attached hydrogen (secondary N) is 1. The summed E-state index contributed by atoms with van der Waals surface area (Å²) in [4.78, 5) is 23.9. The van der Waals surface area contributed by atoms with Gasteiger partial charge in [0.1, 0.15) is 11.5 Å². The van der Waals surface area contributed by atoms with E-state index in [-0.39, 0.29) is 11.9 Å². The van der Waals surface area contributed by atoms with Crippen molar-refractivity contribution in [3.8, 4) is 11.5 Å². The number of para-hydroxylation sites is 1. The van der Waals surface area contributed by atoms with E-state index in [1.54, 1.807) is 48.5 Å². The summed E-state index contributed by atoms with van der Waals surface area (Å²) in [5, 5.41) is 2.79. The molecule has 0 heterocycles. The van der Waals surface area contributed by atoms with Crippen LogP contribution in [0.1, 0.15) is 36.5 Å². The molecule has 0 aliphatic heterocycles. The molecule has 0 unspecified atom stereocenters. The van der Waals surface area contributed by atoms with E-state index in [2.05, 4.69) is 5.32 Å². The quantitative estimate of drug-likeness (QED) is 0.615. The molecule has 0 aromatic heterocycles. The monoisotopic (exact) mass is 327 g/mol. The average Bonchev–Trinajstić information content (AvgIpc) is 2.61. The molecule has 5 nitrogen and oxygen atoms in total. The highest BCUT2D eigenvalue weighted by Crippen LogP contribution is 2.21. The van der Waals surface area contributed by atoms with Gasteiger partial charge in [0, 0.05) is 12.1 Å². The normalized spacial score (nSPS) is 10.1. The number of unbranched alkanes of at least 4 members (excludes halogenated alkanes) is 1. The zero-order chi connectivity index (χ0) is 17.4. The summed E-state index contributed by atoms with van der Waals surface area (Å²) in [6, 6.07) is 13.7. The topological polar surface area (TPSA) is 64.6 Å². The van der Waals surface area contributed by atoms with Crippen LogP contribution in [0.4, 0.5) is 5.69 Å². The molecule has 0 aliphatic rings. The van der Waals surface area contributed by atoms with Gasteiger partial charge in [-0.05, 0) is 42.8 Å². The van der Waals surface area contributed by atoms with E-state index >= 15 is 0 Å². The van der Waals surface area contributed by atoms with Crippen molar-refractivity contribution in [3.63, 3.8) is 0 Å². The maximum atomic E-state index is 12.3. The summed E-state index contributed by atoms with van der Waals surface area (Å²) >= 11 is 0. The minimum Gasteiger partial charge on any atom is -0.496 e. The van der Waals surface area contributed by atoms with Gasteiger partial charge in [-0.2, -0.15) is 0 Å². The number of methoxy groups -OCH3 is 1. The number of esters is 1. The molecule has 24 heavy (non-hydrogen) atoms. The molecule has 5 heteroatoms. The van der Waals surface area contributed by atoms with Crippen LogP contribution in [0.2, 0.25) is 0 Å². The molecule has 126 valence electrons. The molecule has 0 atom stereocenters. The highest BCUT2D eigenvalue weighted by Gasteiger charge is 2.11. The number of amides is 1. The summed E-state index contributed by atoms with van der Waals surface area (Å²) < 4.78 is 10.4. The Labute approximate surface area is 141 Å². The fraction of sp³-hybridized carbons (Fsp3) is 0.263. The first kappa shape index (κ1) is 17.5. The summed E-state index contributed by atoms with van der Waals surface area (Å²) in [6.45, 7) is 2.02. The average molecular weight is 327 g/mol. The van der Waals surface area contributed by atoms with E-state index in [9.17, 15) is 9.59 Å². The van der Waals surface area contributed by atoms with Gasteiger partial charge in [0.15, 0.2) is 0 Å². The lowest BCUT2D eigenvalue weighted by molar-refractivity contribution is -0.134. The summed E-state index contributed by atoms with van der Waals surface area (Å²) in [5.41, 5.74) is 1.06. The molecule has 0 aliphatic carbocycles. The van der Waals surface area contributed by atoms with Crippen LogP contribution in [-0.2, 0) is 4.79 Å². The Morgan fingerprint density at radius 2 is 1.75 bits per heavy atom. The van der Waals surface area contributed by atoms with E-state index in [4.69, 9.17) is 9.47 Å². The molecule has 0 fully saturated rings. The minimum absolute atomic E-state index is 0.248. The number of ether oxygens (including phenoxy) is 2.